The molecule has 1 aliphatic rings. The number of carboxylic acids is 1. The van der Waals surface area contributed by atoms with Crippen LogP contribution in [-0.4, -0.2) is 59.2 Å². The molecule has 0 unspecified atom stereocenters. The molecule has 25 heavy (non-hydrogen) atoms. The number of amides is 1. The quantitative estimate of drug-likeness (QED) is 0.820. The van der Waals surface area contributed by atoms with Gasteiger partial charge in [0.1, 0.15) is 6.61 Å². The Hall–Kier alpha value is -2.08. The summed E-state index contributed by atoms with van der Waals surface area (Å²) in [6.45, 7) is 6.85. The molecule has 1 aliphatic heterocycles. The Kier molecular flexibility index (Phi) is 7.25. The largest absolute Gasteiger partial charge is 0.481 e. The third-order valence-electron chi connectivity index (χ3n) is 4.67. The Morgan fingerprint density at radius 2 is 1.96 bits per heavy atom. The van der Waals surface area contributed by atoms with Gasteiger partial charge in [0, 0.05) is 19.1 Å². The summed E-state index contributed by atoms with van der Waals surface area (Å²) in [6.07, 6.45) is 1.14. The Morgan fingerprint density at radius 1 is 1.24 bits per heavy atom. The minimum atomic E-state index is -0.849. The van der Waals surface area contributed by atoms with E-state index in [1.54, 1.807) is 4.90 Å². The minimum absolute atomic E-state index is 0.0593. The topological polar surface area (TPSA) is 70.1 Å². The number of hydrogen-bond acceptors (Lipinski definition) is 4. The highest BCUT2D eigenvalue weighted by molar-refractivity contribution is 5.73. The van der Waals surface area contributed by atoms with Crippen LogP contribution >= 0.6 is 0 Å². The standard InChI is InChI=1S/C19H28N2O4/c1-3-10-20(4-2)17-11-16(18(22)23)12-21(13-17)19(24)25-14-15-8-6-5-7-9-15/h5-9,16-17H,3-4,10-14H2,1-2H3,(H,22,23)/t16-,17+/m0/s1. The van der Waals surface area contributed by atoms with Crippen molar-refractivity contribution >= 4 is 12.1 Å². The molecule has 0 spiro atoms. The number of carboxylic acid groups (broad SMARTS) is 1. The molecule has 0 aromatic heterocycles. The van der Waals surface area contributed by atoms with Gasteiger partial charge in [-0.2, -0.15) is 0 Å². The van der Waals surface area contributed by atoms with E-state index in [1.165, 1.54) is 0 Å². The highest BCUT2D eigenvalue weighted by Gasteiger charge is 2.36. The highest BCUT2D eigenvalue weighted by atomic mass is 16.6. The fraction of sp³-hybridized carbons (Fsp3) is 0.579. The molecule has 0 bridgehead atoms. The Balaban J connectivity index is 2.01. The minimum Gasteiger partial charge on any atom is -0.481 e. The highest BCUT2D eigenvalue weighted by Crippen LogP contribution is 2.22. The summed E-state index contributed by atoms with van der Waals surface area (Å²) in [5.41, 5.74) is 0.917. The molecule has 0 radical (unpaired) electrons. The second-order valence-electron chi connectivity index (χ2n) is 6.50. The first-order valence-corrected chi connectivity index (χ1v) is 8.97. The van der Waals surface area contributed by atoms with E-state index < -0.39 is 18.0 Å². The van der Waals surface area contributed by atoms with E-state index in [0.717, 1.165) is 25.1 Å². The smallest absolute Gasteiger partial charge is 0.410 e. The van der Waals surface area contributed by atoms with E-state index in [9.17, 15) is 14.7 Å². The maximum atomic E-state index is 12.4. The summed E-state index contributed by atoms with van der Waals surface area (Å²) in [4.78, 5) is 27.8. The maximum absolute atomic E-state index is 12.4. The van der Waals surface area contributed by atoms with E-state index in [2.05, 4.69) is 18.7 Å². The zero-order chi connectivity index (χ0) is 18.2. The monoisotopic (exact) mass is 348 g/mol. The van der Waals surface area contributed by atoms with Gasteiger partial charge in [0.2, 0.25) is 0 Å². The van der Waals surface area contributed by atoms with Gasteiger partial charge in [-0.15, -0.1) is 0 Å². The molecule has 138 valence electrons. The number of likely N-dealkylation sites (tertiary alicyclic amines) is 1. The van der Waals surface area contributed by atoms with Gasteiger partial charge in [0.15, 0.2) is 0 Å². The van der Waals surface area contributed by atoms with E-state index in [0.29, 0.717) is 13.0 Å². The molecule has 2 rings (SSSR count). The molecule has 2 atom stereocenters. The number of carbonyl (C=O) groups excluding carboxylic acids is 1. The summed E-state index contributed by atoms with van der Waals surface area (Å²) < 4.78 is 5.39. The van der Waals surface area contributed by atoms with Crippen LogP contribution in [0.4, 0.5) is 4.79 Å². The summed E-state index contributed by atoms with van der Waals surface area (Å²) in [5, 5.41) is 9.45. The number of ether oxygens (including phenoxy) is 1. The second-order valence-corrected chi connectivity index (χ2v) is 6.50. The average Bonchev–Trinajstić information content (AvgIpc) is 2.64. The van der Waals surface area contributed by atoms with Gasteiger partial charge in [-0.1, -0.05) is 44.2 Å². The Bertz CT molecular complexity index is 564. The molecule has 1 N–H and O–H groups in total. The number of hydrogen-bond donors (Lipinski definition) is 1. The third-order valence-corrected chi connectivity index (χ3v) is 4.67. The summed E-state index contributed by atoms with van der Waals surface area (Å²) in [7, 11) is 0. The van der Waals surface area contributed by atoms with Gasteiger partial charge in [0.05, 0.1) is 5.92 Å². The summed E-state index contributed by atoms with van der Waals surface area (Å²) in [5.74, 6) is -1.40. The Labute approximate surface area is 149 Å². The predicted octanol–water partition coefficient (Wildman–Crippen LogP) is 2.83. The van der Waals surface area contributed by atoms with Crippen molar-refractivity contribution in [3.05, 3.63) is 35.9 Å². The lowest BCUT2D eigenvalue weighted by Crippen LogP contribution is -2.54. The van der Waals surface area contributed by atoms with Gasteiger partial charge in [-0.05, 0) is 31.5 Å². The molecule has 1 aromatic carbocycles. The lowest BCUT2D eigenvalue weighted by Gasteiger charge is -2.40. The molecule has 1 aromatic rings. The normalized spacial score (nSPS) is 20.5. The van der Waals surface area contributed by atoms with Gasteiger partial charge < -0.3 is 14.7 Å². The SMILES string of the molecule is CCCN(CC)[C@@H]1C[C@H](C(=O)O)CN(C(=O)OCc2ccccc2)C1. The first kappa shape index (κ1) is 19.2. The number of benzene rings is 1. The van der Waals surface area contributed by atoms with Crippen LogP contribution in [0.2, 0.25) is 0 Å². The molecule has 1 fully saturated rings. The zero-order valence-corrected chi connectivity index (χ0v) is 15.1. The van der Waals surface area contributed by atoms with Crippen molar-refractivity contribution in [2.24, 2.45) is 5.92 Å². The van der Waals surface area contributed by atoms with Crippen molar-refractivity contribution in [3.8, 4) is 0 Å². The molecule has 1 amide bonds. The number of piperidine rings is 1. The summed E-state index contributed by atoms with van der Waals surface area (Å²) in [6, 6.07) is 9.54. The van der Waals surface area contributed by atoms with E-state index in [1.807, 2.05) is 30.3 Å². The van der Waals surface area contributed by atoms with Crippen LogP contribution in [0.25, 0.3) is 0 Å². The molecule has 1 saturated heterocycles. The predicted molar refractivity (Wildman–Crippen MR) is 95.3 cm³/mol. The molecule has 1 heterocycles. The molecule has 6 nitrogen and oxygen atoms in total. The van der Waals surface area contributed by atoms with Crippen LogP contribution < -0.4 is 0 Å². The zero-order valence-electron chi connectivity index (χ0n) is 15.1. The van der Waals surface area contributed by atoms with Crippen LogP contribution in [-0.2, 0) is 16.1 Å². The van der Waals surface area contributed by atoms with Crippen molar-refractivity contribution in [2.75, 3.05) is 26.2 Å². The first-order valence-electron chi connectivity index (χ1n) is 8.97. The van der Waals surface area contributed by atoms with E-state index >= 15 is 0 Å². The third kappa shape index (κ3) is 5.46. The van der Waals surface area contributed by atoms with Crippen LogP contribution in [0.5, 0.6) is 0 Å². The van der Waals surface area contributed by atoms with Crippen LogP contribution in [0, 0.1) is 5.92 Å². The number of aliphatic carboxylic acids is 1. The second kappa shape index (κ2) is 9.42. The van der Waals surface area contributed by atoms with Crippen molar-refractivity contribution < 1.29 is 19.4 Å². The van der Waals surface area contributed by atoms with Crippen LogP contribution in [0.15, 0.2) is 30.3 Å². The summed E-state index contributed by atoms with van der Waals surface area (Å²) >= 11 is 0. The molecular weight excluding hydrogens is 320 g/mol. The Morgan fingerprint density at radius 3 is 2.56 bits per heavy atom. The number of rotatable bonds is 7. The van der Waals surface area contributed by atoms with E-state index in [-0.39, 0.29) is 19.2 Å². The lowest BCUT2D eigenvalue weighted by molar-refractivity contribution is -0.144. The fourth-order valence-electron chi connectivity index (χ4n) is 3.36. The van der Waals surface area contributed by atoms with Crippen molar-refractivity contribution in [2.45, 2.75) is 39.3 Å². The van der Waals surface area contributed by atoms with Gasteiger partial charge in [-0.3, -0.25) is 9.69 Å². The van der Waals surface area contributed by atoms with Crippen molar-refractivity contribution in [1.29, 1.82) is 0 Å². The maximum Gasteiger partial charge on any atom is 0.410 e. The number of carbonyl (C=O) groups is 2. The van der Waals surface area contributed by atoms with Gasteiger partial charge in [-0.25, -0.2) is 4.79 Å². The molecule has 6 heteroatoms. The van der Waals surface area contributed by atoms with Gasteiger partial charge in [0.25, 0.3) is 0 Å². The number of likely N-dealkylation sites (N-methyl/N-ethyl adjacent to an activating group) is 1. The van der Waals surface area contributed by atoms with Crippen LogP contribution in [0.1, 0.15) is 32.3 Å². The number of nitrogens with zero attached hydrogens (tertiary/aromatic N) is 2. The lowest BCUT2D eigenvalue weighted by atomic mass is 9.93. The molecular formula is C19H28N2O4. The molecule has 0 saturated carbocycles. The van der Waals surface area contributed by atoms with E-state index in [4.69, 9.17) is 4.74 Å². The van der Waals surface area contributed by atoms with Gasteiger partial charge >= 0.3 is 12.1 Å². The average molecular weight is 348 g/mol. The first-order chi connectivity index (χ1) is 12.0. The van der Waals surface area contributed by atoms with Crippen molar-refractivity contribution in [3.63, 3.8) is 0 Å². The molecule has 0 aliphatic carbocycles. The van der Waals surface area contributed by atoms with Crippen molar-refractivity contribution in [1.82, 2.24) is 9.80 Å². The fourth-order valence-corrected chi connectivity index (χ4v) is 3.36. The van der Waals surface area contributed by atoms with Crippen LogP contribution in [0.3, 0.4) is 0 Å².